The first-order chi connectivity index (χ1) is 9.11. The van der Waals surface area contributed by atoms with Crippen LogP contribution >= 0.6 is 0 Å². The second-order valence-corrected chi connectivity index (χ2v) is 6.14. The van der Waals surface area contributed by atoms with Gasteiger partial charge in [-0.05, 0) is 50.3 Å². The van der Waals surface area contributed by atoms with Crippen LogP contribution in [0, 0.1) is 12.8 Å². The first kappa shape index (κ1) is 14.5. The van der Waals surface area contributed by atoms with Crippen LogP contribution in [0.3, 0.4) is 0 Å². The second-order valence-electron chi connectivity index (χ2n) is 6.14. The summed E-state index contributed by atoms with van der Waals surface area (Å²) < 4.78 is 0. The third-order valence-electron chi connectivity index (χ3n) is 3.92. The van der Waals surface area contributed by atoms with Gasteiger partial charge in [-0.15, -0.1) is 0 Å². The Morgan fingerprint density at radius 2 is 2.11 bits per heavy atom. The van der Waals surface area contributed by atoms with Gasteiger partial charge in [0.15, 0.2) is 0 Å². The Morgan fingerprint density at radius 3 is 2.58 bits per heavy atom. The van der Waals surface area contributed by atoms with Gasteiger partial charge in [0.2, 0.25) is 0 Å². The van der Waals surface area contributed by atoms with E-state index in [1.807, 2.05) is 13.1 Å². The highest BCUT2D eigenvalue weighted by Crippen LogP contribution is 2.34. The molecule has 19 heavy (non-hydrogen) atoms. The zero-order valence-electron chi connectivity index (χ0n) is 12.5. The van der Waals surface area contributed by atoms with Crippen LogP contribution in [0.2, 0.25) is 0 Å². The number of aryl methyl sites for hydroxylation is 1. The largest absolute Gasteiger partial charge is 0.329 e. The molecule has 3 nitrogen and oxygen atoms in total. The highest BCUT2D eigenvalue weighted by atomic mass is 15.2. The van der Waals surface area contributed by atoms with Crippen LogP contribution in [0.25, 0.3) is 0 Å². The zero-order valence-corrected chi connectivity index (χ0v) is 12.5. The van der Waals surface area contributed by atoms with E-state index in [0.717, 1.165) is 24.2 Å². The van der Waals surface area contributed by atoms with Gasteiger partial charge in [-0.2, -0.15) is 0 Å². The molecule has 1 atom stereocenters. The molecule has 0 bridgehead atoms. The monoisotopic (exact) mass is 261 g/mol. The van der Waals surface area contributed by atoms with E-state index in [-0.39, 0.29) is 0 Å². The average Bonchev–Trinajstić information content (AvgIpc) is 3.20. The van der Waals surface area contributed by atoms with E-state index in [0.29, 0.717) is 12.6 Å². The van der Waals surface area contributed by atoms with E-state index < -0.39 is 0 Å². The molecule has 3 heteroatoms. The molecule has 1 aliphatic carbocycles. The van der Waals surface area contributed by atoms with Crippen molar-refractivity contribution in [2.45, 2.75) is 52.1 Å². The molecule has 0 radical (unpaired) electrons. The summed E-state index contributed by atoms with van der Waals surface area (Å²) in [4.78, 5) is 7.03. The fraction of sp³-hybridized carbons (Fsp3) is 0.688. The molecule has 1 fully saturated rings. The van der Waals surface area contributed by atoms with Crippen LogP contribution < -0.4 is 5.73 Å². The van der Waals surface area contributed by atoms with Gasteiger partial charge in [0, 0.05) is 30.5 Å². The predicted molar refractivity (Wildman–Crippen MR) is 80.0 cm³/mol. The van der Waals surface area contributed by atoms with E-state index >= 15 is 0 Å². The standard InChI is InChI=1S/C16H27N3/c1-12(2)8-9-19(15-6-7-15)16(10-17)14-5-4-13(3)18-11-14/h4-5,11-12,15-16H,6-10,17H2,1-3H3. The summed E-state index contributed by atoms with van der Waals surface area (Å²) in [6.07, 6.45) is 5.89. The van der Waals surface area contributed by atoms with Crippen molar-refractivity contribution in [3.63, 3.8) is 0 Å². The molecule has 0 saturated heterocycles. The minimum Gasteiger partial charge on any atom is -0.329 e. The molecule has 106 valence electrons. The molecule has 1 heterocycles. The number of nitrogens with two attached hydrogens (primary N) is 1. The summed E-state index contributed by atoms with van der Waals surface area (Å²) in [5.41, 5.74) is 8.38. The minimum atomic E-state index is 0.333. The Bertz CT molecular complexity index is 381. The molecule has 1 aromatic heterocycles. The molecule has 1 saturated carbocycles. The predicted octanol–water partition coefficient (Wildman–Crippen LogP) is 2.90. The Labute approximate surface area is 117 Å². The van der Waals surface area contributed by atoms with Gasteiger partial charge in [0.25, 0.3) is 0 Å². The number of aromatic nitrogens is 1. The summed E-state index contributed by atoms with van der Waals surface area (Å²) in [7, 11) is 0. The molecule has 0 spiro atoms. The molecule has 1 aromatic rings. The van der Waals surface area contributed by atoms with Gasteiger partial charge in [-0.3, -0.25) is 9.88 Å². The van der Waals surface area contributed by atoms with Crippen LogP contribution in [0.5, 0.6) is 0 Å². The summed E-state index contributed by atoms with van der Waals surface area (Å²) in [6.45, 7) is 8.43. The van der Waals surface area contributed by atoms with Crippen LogP contribution in [0.1, 0.15) is 50.4 Å². The van der Waals surface area contributed by atoms with Crippen molar-refractivity contribution in [1.82, 2.24) is 9.88 Å². The number of nitrogens with zero attached hydrogens (tertiary/aromatic N) is 2. The molecule has 0 amide bonds. The number of pyridine rings is 1. The van der Waals surface area contributed by atoms with Crippen LogP contribution in [-0.2, 0) is 0 Å². The van der Waals surface area contributed by atoms with Gasteiger partial charge in [-0.1, -0.05) is 19.9 Å². The topological polar surface area (TPSA) is 42.1 Å². The molecule has 2 N–H and O–H groups in total. The van der Waals surface area contributed by atoms with Crippen molar-refractivity contribution in [1.29, 1.82) is 0 Å². The maximum absolute atomic E-state index is 6.05. The van der Waals surface area contributed by atoms with Crippen LogP contribution in [0.15, 0.2) is 18.3 Å². The highest BCUT2D eigenvalue weighted by molar-refractivity contribution is 5.18. The Balaban J connectivity index is 2.10. The minimum absolute atomic E-state index is 0.333. The smallest absolute Gasteiger partial charge is 0.0488 e. The maximum atomic E-state index is 6.05. The van der Waals surface area contributed by atoms with Crippen LogP contribution in [-0.4, -0.2) is 29.0 Å². The summed E-state index contributed by atoms with van der Waals surface area (Å²) in [6, 6.07) is 5.35. The molecule has 1 aliphatic rings. The van der Waals surface area contributed by atoms with Crippen molar-refractivity contribution < 1.29 is 0 Å². The molecular weight excluding hydrogens is 234 g/mol. The summed E-state index contributed by atoms with van der Waals surface area (Å²) in [5.74, 6) is 0.746. The number of rotatable bonds is 7. The van der Waals surface area contributed by atoms with E-state index in [4.69, 9.17) is 5.73 Å². The Morgan fingerprint density at radius 1 is 1.37 bits per heavy atom. The molecular formula is C16H27N3. The normalized spacial score (nSPS) is 17.2. The Hall–Kier alpha value is -0.930. The summed E-state index contributed by atoms with van der Waals surface area (Å²) in [5, 5.41) is 0. The van der Waals surface area contributed by atoms with Crippen molar-refractivity contribution >= 4 is 0 Å². The van der Waals surface area contributed by atoms with E-state index in [1.54, 1.807) is 0 Å². The van der Waals surface area contributed by atoms with Crippen molar-refractivity contribution in [2.24, 2.45) is 11.7 Å². The fourth-order valence-electron chi connectivity index (χ4n) is 2.55. The average molecular weight is 261 g/mol. The maximum Gasteiger partial charge on any atom is 0.0488 e. The highest BCUT2D eigenvalue weighted by Gasteiger charge is 2.33. The van der Waals surface area contributed by atoms with Crippen LogP contribution in [0.4, 0.5) is 0 Å². The van der Waals surface area contributed by atoms with E-state index in [1.165, 1.54) is 24.8 Å². The van der Waals surface area contributed by atoms with E-state index in [9.17, 15) is 0 Å². The lowest BCUT2D eigenvalue weighted by atomic mass is 10.0. The quantitative estimate of drug-likeness (QED) is 0.820. The third-order valence-corrected chi connectivity index (χ3v) is 3.92. The molecule has 1 unspecified atom stereocenters. The van der Waals surface area contributed by atoms with Gasteiger partial charge in [0.1, 0.15) is 0 Å². The summed E-state index contributed by atoms with van der Waals surface area (Å²) >= 11 is 0. The SMILES string of the molecule is Cc1ccc(C(CN)N(CCC(C)C)C2CC2)cn1. The Kier molecular flexibility index (Phi) is 4.94. The molecule has 0 aromatic carbocycles. The van der Waals surface area contributed by atoms with E-state index in [2.05, 4.69) is 35.9 Å². The third kappa shape index (κ3) is 4.02. The van der Waals surface area contributed by atoms with Gasteiger partial charge < -0.3 is 5.73 Å². The van der Waals surface area contributed by atoms with Gasteiger partial charge in [-0.25, -0.2) is 0 Å². The first-order valence-electron chi connectivity index (χ1n) is 7.50. The van der Waals surface area contributed by atoms with Gasteiger partial charge in [0.05, 0.1) is 0 Å². The second kappa shape index (κ2) is 6.49. The lowest BCUT2D eigenvalue weighted by molar-refractivity contribution is 0.180. The van der Waals surface area contributed by atoms with Crippen molar-refractivity contribution in [3.8, 4) is 0 Å². The lowest BCUT2D eigenvalue weighted by Gasteiger charge is -2.31. The van der Waals surface area contributed by atoms with Crippen molar-refractivity contribution in [2.75, 3.05) is 13.1 Å². The lowest BCUT2D eigenvalue weighted by Crippen LogP contribution is -2.36. The number of hydrogen-bond donors (Lipinski definition) is 1. The zero-order chi connectivity index (χ0) is 13.8. The first-order valence-corrected chi connectivity index (χ1v) is 7.50. The number of hydrogen-bond acceptors (Lipinski definition) is 3. The fourth-order valence-corrected chi connectivity index (χ4v) is 2.55. The van der Waals surface area contributed by atoms with Gasteiger partial charge >= 0.3 is 0 Å². The van der Waals surface area contributed by atoms with Crippen molar-refractivity contribution in [3.05, 3.63) is 29.6 Å². The molecule has 0 aliphatic heterocycles. The molecule has 2 rings (SSSR count).